The fourth-order valence-corrected chi connectivity index (χ4v) is 2.91. The molecule has 4 nitrogen and oxygen atoms in total. The fourth-order valence-electron chi connectivity index (χ4n) is 2.91. The molecule has 1 fully saturated rings. The van der Waals surface area contributed by atoms with Gasteiger partial charge in [-0.3, -0.25) is 4.98 Å². The van der Waals surface area contributed by atoms with Crippen LogP contribution in [0.25, 0.3) is 10.9 Å². The van der Waals surface area contributed by atoms with Crippen LogP contribution in [0.5, 0.6) is 0 Å². The second-order valence-corrected chi connectivity index (χ2v) is 5.50. The maximum atomic E-state index is 6.32. The van der Waals surface area contributed by atoms with E-state index in [1.807, 2.05) is 18.2 Å². The molecular formula is C16H21N3O. The summed E-state index contributed by atoms with van der Waals surface area (Å²) in [5, 5.41) is 1.03. The van der Waals surface area contributed by atoms with Crippen LogP contribution in [0.4, 0.5) is 11.4 Å². The molecule has 1 aliphatic rings. The molecule has 1 aromatic carbocycles. The number of rotatable bonds is 3. The van der Waals surface area contributed by atoms with Crippen molar-refractivity contribution in [1.82, 2.24) is 4.98 Å². The molecule has 0 unspecified atom stereocenters. The maximum Gasteiger partial charge on any atom is 0.0724 e. The van der Waals surface area contributed by atoms with Crippen molar-refractivity contribution in [2.75, 3.05) is 37.4 Å². The minimum absolute atomic E-state index is 0.692. The normalized spacial score (nSPS) is 16.4. The molecule has 2 heterocycles. The largest absolute Gasteiger partial charge is 0.396 e. The Morgan fingerprint density at radius 2 is 2.10 bits per heavy atom. The minimum Gasteiger partial charge on any atom is -0.396 e. The van der Waals surface area contributed by atoms with Gasteiger partial charge in [0.25, 0.3) is 0 Å². The summed E-state index contributed by atoms with van der Waals surface area (Å²) >= 11 is 0. The van der Waals surface area contributed by atoms with Gasteiger partial charge in [-0.1, -0.05) is 0 Å². The summed E-state index contributed by atoms with van der Waals surface area (Å²) in [6.45, 7) is 2.80. The molecule has 0 radical (unpaired) electrons. The Kier molecular flexibility index (Phi) is 3.74. The lowest BCUT2D eigenvalue weighted by molar-refractivity contribution is 0.0685. The van der Waals surface area contributed by atoms with Crippen LogP contribution in [0.15, 0.2) is 30.5 Å². The molecule has 1 aromatic heterocycles. The van der Waals surface area contributed by atoms with Crippen LogP contribution < -0.4 is 10.6 Å². The van der Waals surface area contributed by atoms with Gasteiger partial charge in [0.2, 0.25) is 0 Å². The van der Waals surface area contributed by atoms with E-state index in [4.69, 9.17) is 10.5 Å². The molecule has 0 saturated carbocycles. The number of nitrogens with zero attached hydrogens (tertiary/aromatic N) is 2. The molecule has 106 valence electrons. The summed E-state index contributed by atoms with van der Waals surface area (Å²) in [6.07, 6.45) is 4.08. The Morgan fingerprint density at radius 1 is 1.30 bits per heavy atom. The summed E-state index contributed by atoms with van der Waals surface area (Å²) in [7, 11) is 2.11. The second-order valence-electron chi connectivity index (χ2n) is 5.50. The zero-order valence-corrected chi connectivity index (χ0v) is 11.9. The van der Waals surface area contributed by atoms with Crippen molar-refractivity contribution >= 4 is 22.3 Å². The van der Waals surface area contributed by atoms with E-state index >= 15 is 0 Å². The van der Waals surface area contributed by atoms with Crippen LogP contribution in [0, 0.1) is 5.92 Å². The predicted molar refractivity (Wildman–Crippen MR) is 83.0 cm³/mol. The van der Waals surface area contributed by atoms with Crippen molar-refractivity contribution in [2.45, 2.75) is 12.8 Å². The van der Waals surface area contributed by atoms with E-state index in [0.717, 1.165) is 54.9 Å². The molecule has 2 aromatic rings. The lowest BCUT2D eigenvalue weighted by atomic mass is 9.99. The van der Waals surface area contributed by atoms with Crippen LogP contribution in [-0.4, -0.2) is 31.8 Å². The third-order valence-corrected chi connectivity index (χ3v) is 4.09. The summed E-state index contributed by atoms with van der Waals surface area (Å²) < 4.78 is 5.42. The van der Waals surface area contributed by atoms with Crippen LogP contribution in [0.3, 0.4) is 0 Å². The highest BCUT2D eigenvalue weighted by molar-refractivity contribution is 5.97. The number of hydrogen-bond donors (Lipinski definition) is 1. The monoisotopic (exact) mass is 271 g/mol. The van der Waals surface area contributed by atoms with Gasteiger partial charge < -0.3 is 15.4 Å². The van der Waals surface area contributed by atoms with E-state index in [0.29, 0.717) is 5.92 Å². The number of nitrogens with two attached hydrogens (primary N) is 1. The zero-order valence-electron chi connectivity index (χ0n) is 11.9. The first-order chi connectivity index (χ1) is 9.75. The average Bonchev–Trinajstić information content (AvgIpc) is 2.49. The number of hydrogen-bond acceptors (Lipinski definition) is 4. The van der Waals surface area contributed by atoms with Gasteiger partial charge in [0.05, 0.1) is 16.9 Å². The number of pyridine rings is 1. The molecule has 4 heteroatoms. The maximum absolute atomic E-state index is 6.32. The SMILES string of the molecule is CN(CC1CCOCC1)c1ccc2ncccc2c1N. The highest BCUT2D eigenvalue weighted by Gasteiger charge is 2.17. The number of nitrogen functional groups attached to an aromatic ring is 1. The first-order valence-corrected chi connectivity index (χ1v) is 7.18. The molecule has 0 amide bonds. The van der Waals surface area contributed by atoms with E-state index in [-0.39, 0.29) is 0 Å². The Labute approximate surface area is 119 Å². The van der Waals surface area contributed by atoms with Crippen LogP contribution >= 0.6 is 0 Å². The van der Waals surface area contributed by atoms with Crippen molar-refractivity contribution in [3.8, 4) is 0 Å². The van der Waals surface area contributed by atoms with Crippen LogP contribution in [0.2, 0.25) is 0 Å². The molecule has 0 atom stereocenters. The third-order valence-electron chi connectivity index (χ3n) is 4.09. The van der Waals surface area contributed by atoms with Gasteiger partial charge in [-0.2, -0.15) is 0 Å². The molecular weight excluding hydrogens is 250 g/mol. The van der Waals surface area contributed by atoms with Crippen molar-refractivity contribution < 1.29 is 4.74 Å². The van der Waals surface area contributed by atoms with Crippen LogP contribution in [0.1, 0.15) is 12.8 Å². The van der Waals surface area contributed by atoms with Crippen molar-refractivity contribution in [3.05, 3.63) is 30.5 Å². The van der Waals surface area contributed by atoms with E-state index < -0.39 is 0 Å². The predicted octanol–water partition coefficient (Wildman–Crippen LogP) is 2.68. The highest BCUT2D eigenvalue weighted by atomic mass is 16.5. The number of ether oxygens (including phenoxy) is 1. The Balaban J connectivity index is 1.83. The van der Waals surface area contributed by atoms with Gasteiger partial charge in [0.1, 0.15) is 0 Å². The smallest absolute Gasteiger partial charge is 0.0724 e. The van der Waals surface area contributed by atoms with Crippen molar-refractivity contribution in [3.63, 3.8) is 0 Å². The van der Waals surface area contributed by atoms with E-state index in [9.17, 15) is 0 Å². The molecule has 2 N–H and O–H groups in total. The molecule has 20 heavy (non-hydrogen) atoms. The first kappa shape index (κ1) is 13.2. The molecule has 1 aliphatic heterocycles. The molecule has 0 bridgehead atoms. The van der Waals surface area contributed by atoms with Gasteiger partial charge >= 0.3 is 0 Å². The standard InChI is InChI=1S/C16H21N3O/c1-19(11-12-6-9-20-10-7-12)15-5-4-14-13(16(15)17)3-2-8-18-14/h2-5,8,12H,6-7,9-11,17H2,1H3. The zero-order chi connectivity index (χ0) is 13.9. The summed E-state index contributed by atoms with van der Waals surface area (Å²) in [5.41, 5.74) is 9.19. The molecule has 0 aliphatic carbocycles. The summed E-state index contributed by atoms with van der Waals surface area (Å²) in [4.78, 5) is 6.60. The minimum atomic E-state index is 0.692. The van der Waals surface area contributed by atoms with Gasteiger partial charge in [0, 0.05) is 38.4 Å². The van der Waals surface area contributed by atoms with E-state index in [1.54, 1.807) is 6.20 Å². The number of benzene rings is 1. The van der Waals surface area contributed by atoms with E-state index in [2.05, 4.69) is 23.0 Å². The van der Waals surface area contributed by atoms with Gasteiger partial charge in [-0.05, 0) is 43.0 Å². The van der Waals surface area contributed by atoms with Crippen molar-refractivity contribution in [1.29, 1.82) is 0 Å². The van der Waals surface area contributed by atoms with Gasteiger partial charge in [-0.25, -0.2) is 0 Å². The summed E-state index contributed by atoms with van der Waals surface area (Å²) in [6, 6.07) is 8.08. The topological polar surface area (TPSA) is 51.4 Å². The van der Waals surface area contributed by atoms with Crippen LogP contribution in [-0.2, 0) is 4.74 Å². The molecule has 1 saturated heterocycles. The van der Waals surface area contributed by atoms with Gasteiger partial charge in [0.15, 0.2) is 0 Å². The Bertz CT molecular complexity index is 593. The molecule has 3 rings (SSSR count). The quantitative estimate of drug-likeness (QED) is 0.872. The molecule has 0 spiro atoms. The Morgan fingerprint density at radius 3 is 2.90 bits per heavy atom. The third kappa shape index (κ3) is 2.56. The second kappa shape index (κ2) is 5.67. The highest BCUT2D eigenvalue weighted by Crippen LogP contribution is 2.31. The number of aromatic nitrogens is 1. The first-order valence-electron chi connectivity index (χ1n) is 7.18. The number of fused-ring (bicyclic) bond motifs is 1. The Hall–Kier alpha value is -1.81. The van der Waals surface area contributed by atoms with Crippen molar-refractivity contribution in [2.24, 2.45) is 5.92 Å². The fraction of sp³-hybridized carbons (Fsp3) is 0.438. The lowest BCUT2D eigenvalue weighted by Crippen LogP contribution is -2.30. The van der Waals surface area contributed by atoms with Gasteiger partial charge in [-0.15, -0.1) is 0 Å². The average molecular weight is 271 g/mol. The number of anilines is 2. The summed E-state index contributed by atoms with van der Waals surface area (Å²) in [5.74, 6) is 0.692. The van der Waals surface area contributed by atoms with E-state index in [1.165, 1.54) is 0 Å². The lowest BCUT2D eigenvalue weighted by Gasteiger charge is -2.29.